The molecule has 0 radical (unpaired) electrons. The van der Waals surface area contributed by atoms with Crippen LogP contribution in [0.15, 0.2) is 85.2 Å². The summed E-state index contributed by atoms with van der Waals surface area (Å²) in [5.74, 6) is -0.00510. The fraction of sp³-hybridized carbons (Fsp3) is 0.250. The summed E-state index contributed by atoms with van der Waals surface area (Å²) < 4.78 is 0. The number of para-hydroxylation sites is 1. The van der Waals surface area contributed by atoms with E-state index in [9.17, 15) is 9.90 Å². The molecule has 0 aliphatic carbocycles. The summed E-state index contributed by atoms with van der Waals surface area (Å²) in [4.78, 5) is 24.7. The van der Waals surface area contributed by atoms with Gasteiger partial charge in [-0.1, -0.05) is 48.5 Å². The molecule has 5 heteroatoms. The van der Waals surface area contributed by atoms with E-state index < -0.39 is 0 Å². The minimum Gasteiger partial charge on any atom is -0.396 e. The molecule has 2 aromatic heterocycles. The van der Waals surface area contributed by atoms with Crippen LogP contribution in [0.5, 0.6) is 0 Å². The number of pyridine rings is 2. The molecule has 5 nitrogen and oxygen atoms in total. The number of benzene rings is 2. The number of carbonyl (C=O) groups excluding carboxylic acids is 1. The predicted octanol–water partition coefficient (Wildman–Crippen LogP) is 4.75. The number of aromatic nitrogens is 2. The number of likely N-dealkylation sites (tertiary alicyclic amines) is 1. The Balaban J connectivity index is 1.50. The Labute approximate surface area is 193 Å². The third-order valence-corrected chi connectivity index (χ3v) is 6.63. The molecule has 1 N–H and O–H groups in total. The fourth-order valence-electron chi connectivity index (χ4n) is 4.93. The van der Waals surface area contributed by atoms with E-state index in [1.54, 1.807) is 12.4 Å². The van der Waals surface area contributed by atoms with E-state index in [1.165, 1.54) is 5.56 Å². The van der Waals surface area contributed by atoms with Crippen LogP contribution in [-0.4, -0.2) is 45.6 Å². The van der Waals surface area contributed by atoms with Crippen LogP contribution in [0.1, 0.15) is 28.8 Å². The van der Waals surface area contributed by atoms with Crippen molar-refractivity contribution in [3.8, 4) is 11.3 Å². The Kier molecular flexibility index (Phi) is 5.88. The number of nitrogens with zero attached hydrogens (tertiary/aromatic N) is 3. The molecule has 1 saturated heterocycles. The molecule has 4 aromatic rings. The molecule has 0 bridgehead atoms. The molecule has 1 aliphatic rings. The van der Waals surface area contributed by atoms with Gasteiger partial charge in [0.2, 0.25) is 0 Å². The van der Waals surface area contributed by atoms with Gasteiger partial charge in [-0.25, -0.2) is 4.98 Å². The van der Waals surface area contributed by atoms with E-state index in [0.29, 0.717) is 18.7 Å². The molecule has 166 valence electrons. The molecule has 1 amide bonds. The van der Waals surface area contributed by atoms with Gasteiger partial charge in [0.05, 0.1) is 23.4 Å². The smallest absolute Gasteiger partial charge is 0.254 e. The van der Waals surface area contributed by atoms with E-state index in [4.69, 9.17) is 4.98 Å². The van der Waals surface area contributed by atoms with Crippen molar-refractivity contribution in [3.63, 3.8) is 0 Å². The number of aliphatic hydroxyl groups is 1. The van der Waals surface area contributed by atoms with Gasteiger partial charge in [0.25, 0.3) is 5.91 Å². The largest absolute Gasteiger partial charge is 0.396 e. The number of fused-ring (bicyclic) bond motifs is 1. The zero-order chi connectivity index (χ0) is 22.7. The Morgan fingerprint density at radius 2 is 1.76 bits per heavy atom. The molecule has 0 spiro atoms. The van der Waals surface area contributed by atoms with Gasteiger partial charge < -0.3 is 10.0 Å². The highest BCUT2D eigenvalue weighted by atomic mass is 16.3. The first-order chi connectivity index (χ1) is 16.2. The topological polar surface area (TPSA) is 66.3 Å². The number of hydrogen-bond acceptors (Lipinski definition) is 4. The summed E-state index contributed by atoms with van der Waals surface area (Å²) >= 11 is 0. The second-order valence-electron chi connectivity index (χ2n) is 8.96. The van der Waals surface area contributed by atoms with Crippen molar-refractivity contribution in [2.75, 3.05) is 19.7 Å². The number of aliphatic hydroxyl groups excluding tert-OH is 1. The molecular weight excluding hydrogens is 410 g/mol. The van der Waals surface area contributed by atoms with Gasteiger partial charge >= 0.3 is 0 Å². The van der Waals surface area contributed by atoms with Crippen LogP contribution in [0.2, 0.25) is 0 Å². The third kappa shape index (κ3) is 4.37. The third-order valence-electron chi connectivity index (χ3n) is 6.63. The first-order valence-corrected chi connectivity index (χ1v) is 11.4. The highest BCUT2D eigenvalue weighted by Gasteiger charge is 2.37. The average Bonchev–Trinajstić information content (AvgIpc) is 2.89. The lowest BCUT2D eigenvalue weighted by molar-refractivity contribution is 0.0273. The van der Waals surface area contributed by atoms with Crippen LogP contribution in [0.3, 0.4) is 0 Å². The van der Waals surface area contributed by atoms with Crippen LogP contribution in [0.25, 0.3) is 22.2 Å². The van der Waals surface area contributed by atoms with Crippen molar-refractivity contribution < 1.29 is 9.90 Å². The van der Waals surface area contributed by atoms with Crippen LogP contribution in [-0.2, 0) is 6.42 Å². The normalized spacial score (nSPS) is 18.4. The Morgan fingerprint density at radius 3 is 2.55 bits per heavy atom. The number of hydrogen-bond donors (Lipinski definition) is 1. The van der Waals surface area contributed by atoms with Crippen LogP contribution in [0.4, 0.5) is 0 Å². The number of carbonyl (C=O) groups is 1. The van der Waals surface area contributed by atoms with Crippen LogP contribution in [0, 0.1) is 5.41 Å². The lowest BCUT2D eigenvalue weighted by atomic mass is 9.75. The van der Waals surface area contributed by atoms with E-state index in [2.05, 4.69) is 17.1 Å². The molecule has 3 heterocycles. The standard InChI is InChI=1S/C28H27N3O2/c32-20-28(18-21-7-2-1-3-8-21)13-6-16-31(19-28)27(33)24-17-26(22-11-14-29-15-12-22)30-25-10-5-4-9-23(24)25/h1-5,7-12,14-15,17,32H,6,13,16,18-20H2/t28-/m1/s1. The molecule has 1 aliphatic heterocycles. The summed E-state index contributed by atoms with van der Waals surface area (Å²) in [6, 6.07) is 23.7. The molecule has 0 saturated carbocycles. The average molecular weight is 438 g/mol. The van der Waals surface area contributed by atoms with E-state index in [1.807, 2.05) is 65.6 Å². The monoisotopic (exact) mass is 437 g/mol. The van der Waals surface area contributed by atoms with Crippen molar-refractivity contribution in [3.05, 3.63) is 96.3 Å². The molecule has 1 atom stereocenters. The lowest BCUT2D eigenvalue weighted by Gasteiger charge is -2.42. The molecule has 33 heavy (non-hydrogen) atoms. The second kappa shape index (κ2) is 9.12. The number of amides is 1. The van der Waals surface area contributed by atoms with Gasteiger partial charge in [-0.05, 0) is 49.1 Å². The highest BCUT2D eigenvalue weighted by Crippen LogP contribution is 2.35. The quantitative estimate of drug-likeness (QED) is 0.489. The van der Waals surface area contributed by atoms with E-state index in [-0.39, 0.29) is 17.9 Å². The maximum atomic E-state index is 13.9. The summed E-state index contributed by atoms with van der Waals surface area (Å²) in [6.07, 6.45) is 6.00. The number of piperidine rings is 1. The molecular formula is C28H27N3O2. The van der Waals surface area contributed by atoms with Gasteiger partial charge in [0.15, 0.2) is 0 Å². The zero-order valence-corrected chi connectivity index (χ0v) is 18.5. The molecule has 0 unspecified atom stereocenters. The summed E-state index contributed by atoms with van der Waals surface area (Å²) in [6.45, 7) is 1.29. The fourth-order valence-corrected chi connectivity index (χ4v) is 4.93. The highest BCUT2D eigenvalue weighted by molar-refractivity contribution is 6.07. The van der Waals surface area contributed by atoms with E-state index in [0.717, 1.165) is 41.4 Å². The Bertz CT molecular complexity index is 1260. The van der Waals surface area contributed by atoms with Crippen LogP contribution >= 0.6 is 0 Å². The van der Waals surface area contributed by atoms with Gasteiger partial charge in [0, 0.05) is 41.8 Å². The van der Waals surface area contributed by atoms with Gasteiger partial charge in [-0.15, -0.1) is 0 Å². The minimum atomic E-state index is -0.327. The van der Waals surface area contributed by atoms with Gasteiger partial charge in [0.1, 0.15) is 0 Å². The minimum absolute atomic E-state index is 0.00510. The van der Waals surface area contributed by atoms with Crippen molar-refractivity contribution >= 4 is 16.8 Å². The SMILES string of the molecule is O=C(c1cc(-c2ccncc2)nc2ccccc12)N1CCC[C@@](CO)(Cc2ccccc2)C1. The van der Waals surface area contributed by atoms with Crippen molar-refractivity contribution in [2.24, 2.45) is 5.41 Å². The molecule has 2 aromatic carbocycles. The maximum Gasteiger partial charge on any atom is 0.254 e. The van der Waals surface area contributed by atoms with E-state index >= 15 is 0 Å². The van der Waals surface area contributed by atoms with Crippen molar-refractivity contribution in [1.82, 2.24) is 14.9 Å². The Hall–Kier alpha value is -3.57. The van der Waals surface area contributed by atoms with Gasteiger partial charge in [-0.2, -0.15) is 0 Å². The molecule has 5 rings (SSSR count). The Morgan fingerprint density at radius 1 is 1.00 bits per heavy atom. The maximum absolute atomic E-state index is 13.9. The van der Waals surface area contributed by atoms with Crippen molar-refractivity contribution in [2.45, 2.75) is 19.3 Å². The summed E-state index contributed by atoms with van der Waals surface area (Å²) in [5, 5.41) is 11.2. The van der Waals surface area contributed by atoms with Gasteiger partial charge in [-0.3, -0.25) is 9.78 Å². The first-order valence-electron chi connectivity index (χ1n) is 11.4. The first kappa shape index (κ1) is 21.3. The second-order valence-corrected chi connectivity index (χ2v) is 8.96. The summed E-state index contributed by atoms with van der Waals surface area (Å²) in [7, 11) is 0. The number of rotatable bonds is 5. The lowest BCUT2D eigenvalue weighted by Crippen LogP contribution is -2.49. The van der Waals surface area contributed by atoms with Crippen LogP contribution < -0.4 is 0 Å². The predicted molar refractivity (Wildman–Crippen MR) is 130 cm³/mol. The molecule has 1 fully saturated rings. The zero-order valence-electron chi connectivity index (χ0n) is 18.5. The van der Waals surface area contributed by atoms with Crippen molar-refractivity contribution in [1.29, 1.82) is 0 Å². The summed E-state index contributed by atoms with van der Waals surface area (Å²) in [5.41, 5.74) is 4.00.